The monoisotopic (exact) mass is 195 g/mol. The molecule has 0 heterocycles. The summed E-state index contributed by atoms with van der Waals surface area (Å²) in [6, 6.07) is 5.28. The van der Waals surface area contributed by atoms with E-state index in [0.29, 0.717) is 0 Å². The highest BCUT2D eigenvalue weighted by molar-refractivity contribution is 5.94. The summed E-state index contributed by atoms with van der Waals surface area (Å²) in [5.41, 5.74) is -0.622. The summed E-state index contributed by atoms with van der Waals surface area (Å²) in [5, 5.41) is 21.6. The molecule has 0 saturated heterocycles. The highest BCUT2D eigenvalue weighted by atomic mass is 16.6. The zero-order chi connectivity index (χ0) is 10.7. The number of benzene rings is 1. The summed E-state index contributed by atoms with van der Waals surface area (Å²) in [6.45, 7) is 1.05. The Bertz CT molecular complexity index is 377. The van der Waals surface area contributed by atoms with Crippen LogP contribution in [0.1, 0.15) is 6.92 Å². The lowest BCUT2D eigenvalue weighted by Crippen LogP contribution is -2.21. The van der Waals surface area contributed by atoms with Crippen LogP contribution >= 0.6 is 0 Å². The van der Waals surface area contributed by atoms with Gasteiger partial charge < -0.3 is 10.3 Å². The highest BCUT2D eigenvalue weighted by Gasteiger charge is 2.14. The van der Waals surface area contributed by atoms with Crippen LogP contribution < -0.4 is 5.06 Å². The van der Waals surface area contributed by atoms with Crippen molar-refractivity contribution in [3.05, 3.63) is 39.6 Å². The van der Waals surface area contributed by atoms with Crippen LogP contribution in [-0.2, 0) is 4.79 Å². The van der Waals surface area contributed by atoms with E-state index in [0.717, 1.165) is 6.92 Å². The lowest BCUT2D eigenvalue weighted by molar-refractivity contribution is -0.384. The van der Waals surface area contributed by atoms with Crippen LogP contribution in [0.3, 0.4) is 0 Å². The van der Waals surface area contributed by atoms with Crippen LogP contribution in [0.15, 0.2) is 24.3 Å². The molecule has 1 aromatic carbocycles. The largest absolute Gasteiger partial charge is 0.752 e. The number of para-hydroxylation sites is 2. The van der Waals surface area contributed by atoms with Gasteiger partial charge in [0.1, 0.15) is 5.69 Å². The van der Waals surface area contributed by atoms with Crippen LogP contribution in [0.5, 0.6) is 0 Å². The minimum absolute atomic E-state index is 0.00185. The molecule has 0 aliphatic carbocycles. The van der Waals surface area contributed by atoms with Gasteiger partial charge in [0.25, 0.3) is 5.69 Å². The number of hydroxylamine groups is 1. The summed E-state index contributed by atoms with van der Waals surface area (Å²) in [6.07, 6.45) is 0. The molecule has 0 radical (unpaired) electrons. The predicted octanol–water partition coefficient (Wildman–Crippen LogP) is 1.45. The third-order valence-corrected chi connectivity index (χ3v) is 1.58. The van der Waals surface area contributed by atoms with Crippen molar-refractivity contribution in [1.82, 2.24) is 0 Å². The van der Waals surface area contributed by atoms with Crippen molar-refractivity contribution in [2.75, 3.05) is 5.06 Å². The maximum absolute atomic E-state index is 11.1. The molecule has 0 spiro atoms. The fraction of sp³-hybridized carbons (Fsp3) is 0.125. The summed E-state index contributed by atoms with van der Waals surface area (Å²) >= 11 is 0. The maximum Gasteiger partial charge on any atom is 0.292 e. The molecular weight excluding hydrogens is 188 g/mol. The van der Waals surface area contributed by atoms with E-state index in [9.17, 15) is 20.1 Å². The van der Waals surface area contributed by atoms with Gasteiger partial charge in [-0.25, -0.2) is 0 Å². The first-order chi connectivity index (χ1) is 6.54. The Balaban J connectivity index is 3.19. The molecule has 14 heavy (non-hydrogen) atoms. The molecule has 0 aromatic heterocycles. The van der Waals surface area contributed by atoms with Gasteiger partial charge in [-0.3, -0.25) is 14.9 Å². The Kier molecular flexibility index (Phi) is 2.78. The number of anilines is 1. The van der Waals surface area contributed by atoms with Crippen molar-refractivity contribution < 1.29 is 9.72 Å². The Morgan fingerprint density at radius 2 is 2.00 bits per heavy atom. The van der Waals surface area contributed by atoms with Crippen molar-refractivity contribution in [1.29, 1.82) is 0 Å². The second-order valence-corrected chi connectivity index (χ2v) is 2.56. The quantitative estimate of drug-likeness (QED) is 0.527. The van der Waals surface area contributed by atoms with E-state index in [2.05, 4.69) is 0 Å². The lowest BCUT2D eigenvalue weighted by atomic mass is 10.2. The maximum atomic E-state index is 11.1. The number of nitro groups is 1. The van der Waals surface area contributed by atoms with Gasteiger partial charge in [0.2, 0.25) is 5.91 Å². The molecule has 74 valence electrons. The number of amides is 1. The van der Waals surface area contributed by atoms with E-state index in [4.69, 9.17) is 0 Å². The fourth-order valence-corrected chi connectivity index (χ4v) is 0.960. The molecule has 0 unspecified atom stereocenters. The van der Waals surface area contributed by atoms with Gasteiger partial charge in [0.05, 0.1) is 4.92 Å². The molecule has 6 nitrogen and oxygen atoms in total. The zero-order valence-electron chi connectivity index (χ0n) is 7.34. The van der Waals surface area contributed by atoms with Crippen LogP contribution in [0.25, 0.3) is 0 Å². The third kappa shape index (κ3) is 1.86. The van der Waals surface area contributed by atoms with Gasteiger partial charge in [0.15, 0.2) is 0 Å². The highest BCUT2D eigenvalue weighted by Crippen LogP contribution is 2.26. The molecule has 0 saturated carbocycles. The number of hydrogen-bond acceptors (Lipinski definition) is 4. The topological polar surface area (TPSA) is 86.5 Å². The molecule has 1 amide bonds. The van der Waals surface area contributed by atoms with E-state index in [1.807, 2.05) is 0 Å². The molecule has 6 heteroatoms. The minimum Gasteiger partial charge on any atom is -0.752 e. The summed E-state index contributed by atoms with van der Waals surface area (Å²) in [5.74, 6) is -0.792. The molecule has 0 fully saturated rings. The van der Waals surface area contributed by atoms with E-state index in [1.54, 1.807) is 0 Å². The van der Waals surface area contributed by atoms with Crippen molar-refractivity contribution in [2.45, 2.75) is 6.92 Å². The summed E-state index contributed by atoms with van der Waals surface area (Å²) in [4.78, 5) is 20.5. The van der Waals surface area contributed by atoms with Gasteiger partial charge in [-0.05, 0) is 6.07 Å². The summed E-state index contributed by atoms with van der Waals surface area (Å²) in [7, 11) is 0. The first kappa shape index (κ1) is 10.1. The first-order valence-electron chi connectivity index (χ1n) is 3.75. The fourth-order valence-electron chi connectivity index (χ4n) is 0.960. The van der Waals surface area contributed by atoms with E-state index < -0.39 is 10.8 Å². The molecule has 0 aliphatic rings. The lowest BCUT2D eigenvalue weighted by Gasteiger charge is -2.25. The number of nitro benzene ring substituents is 1. The summed E-state index contributed by atoms with van der Waals surface area (Å²) < 4.78 is 0. The Labute approximate surface area is 79.5 Å². The molecule has 1 aromatic rings. The Morgan fingerprint density at radius 3 is 2.50 bits per heavy atom. The van der Waals surface area contributed by atoms with E-state index >= 15 is 0 Å². The Hall–Kier alpha value is -1.95. The molecule has 0 atom stereocenters. The average molecular weight is 195 g/mol. The molecule has 0 aliphatic heterocycles. The van der Waals surface area contributed by atoms with E-state index in [-0.39, 0.29) is 16.4 Å². The van der Waals surface area contributed by atoms with Gasteiger partial charge in [-0.15, -0.1) is 0 Å². The number of rotatable bonds is 2. The third-order valence-electron chi connectivity index (χ3n) is 1.58. The number of nitrogens with zero attached hydrogens (tertiary/aromatic N) is 2. The van der Waals surface area contributed by atoms with Crippen molar-refractivity contribution in [3.8, 4) is 0 Å². The number of hydrogen-bond donors (Lipinski definition) is 0. The van der Waals surface area contributed by atoms with Crippen molar-refractivity contribution in [3.63, 3.8) is 0 Å². The molecular formula is C8H7N2O4-. The SMILES string of the molecule is CC(=O)N([O-])c1ccccc1[N+](=O)[O-]. The normalized spacial score (nSPS) is 9.57. The van der Waals surface area contributed by atoms with Crippen LogP contribution in [0.2, 0.25) is 0 Å². The van der Waals surface area contributed by atoms with Crippen LogP contribution in [0.4, 0.5) is 11.4 Å². The van der Waals surface area contributed by atoms with Gasteiger partial charge in [-0.2, -0.15) is 0 Å². The first-order valence-corrected chi connectivity index (χ1v) is 3.75. The van der Waals surface area contributed by atoms with Gasteiger partial charge in [-0.1, -0.05) is 12.1 Å². The van der Waals surface area contributed by atoms with E-state index in [1.165, 1.54) is 24.3 Å². The standard InChI is InChI=1S/C8H7N2O4/c1-6(11)9(12)7-4-2-3-5-8(7)10(13)14/h2-5H,1H3/q-1. The molecule has 0 bridgehead atoms. The van der Waals surface area contributed by atoms with Gasteiger partial charge in [0, 0.05) is 13.0 Å². The second kappa shape index (κ2) is 3.84. The predicted molar refractivity (Wildman–Crippen MR) is 49.6 cm³/mol. The Morgan fingerprint density at radius 1 is 1.43 bits per heavy atom. The molecule has 1 rings (SSSR count). The second-order valence-electron chi connectivity index (χ2n) is 2.56. The molecule has 0 N–H and O–H groups in total. The average Bonchev–Trinajstić information content (AvgIpc) is 2.16. The van der Waals surface area contributed by atoms with Gasteiger partial charge >= 0.3 is 0 Å². The number of carbonyl (C=O) groups excluding carboxylic acids is 1. The zero-order valence-corrected chi connectivity index (χ0v) is 7.34. The smallest absolute Gasteiger partial charge is 0.292 e. The van der Waals surface area contributed by atoms with Crippen molar-refractivity contribution in [2.24, 2.45) is 0 Å². The van der Waals surface area contributed by atoms with Crippen LogP contribution in [-0.4, -0.2) is 10.8 Å². The number of carbonyl (C=O) groups is 1. The van der Waals surface area contributed by atoms with Crippen LogP contribution in [0, 0.1) is 15.3 Å². The minimum atomic E-state index is -0.792. The van der Waals surface area contributed by atoms with Crippen molar-refractivity contribution >= 4 is 17.3 Å².